The number of hydrogen-bond donors (Lipinski definition) is 1. The van der Waals surface area contributed by atoms with E-state index in [1.54, 1.807) is 12.3 Å². The van der Waals surface area contributed by atoms with Crippen LogP contribution in [0.4, 0.5) is 0 Å². The maximum absolute atomic E-state index is 9.76. The van der Waals surface area contributed by atoms with E-state index in [1.165, 1.54) is 4.68 Å². The number of benzene rings is 1. The van der Waals surface area contributed by atoms with Crippen molar-refractivity contribution in [2.75, 3.05) is 0 Å². The standard InChI is InChI=1S/C11H10ClN5OS/c1-2-9(18)8-5-17(16-13-8)11-6(12)3-4-7-10(11)15-19-14-7/h3-5,9,18H,2H2,1H3. The van der Waals surface area contributed by atoms with E-state index in [1.807, 2.05) is 13.0 Å². The smallest absolute Gasteiger partial charge is 0.132 e. The highest BCUT2D eigenvalue weighted by Gasteiger charge is 2.16. The van der Waals surface area contributed by atoms with Crippen LogP contribution in [0.15, 0.2) is 18.3 Å². The van der Waals surface area contributed by atoms with Crippen LogP contribution in [0.2, 0.25) is 5.02 Å². The largest absolute Gasteiger partial charge is 0.387 e. The van der Waals surface area contributed by atoms with Gasteiger partial charge in [-0.1, -0.05) is 23.7 Å². The van der Waals surface area contributed by atoms with Crippen LogP contribution in [-0.4, -0.2) is 28.8 Å². The van der Waals surface area contributed by atoms with Crippen molar-refractivity contribution in [3.05, 3.63) is 29.0 Å². The Kier molecular flexibility index (Phi) is 3.17. The van der Waals surface area contributed by atoms with Crippen molar-refractivity contribution in [1.29, 1.82) is 0 Å². The third-order valence-electron chi connectivity index (χ3n) is 2.82. The van der Waals surface area contributed by atoms with Gasteiger partial charge in [0.05, 0.1) is 29.1 Å². The number of aromatic nitrogens is 5. The second kappa shape index (κ2) is 4.84. The van der Waals surface area contributed by atoms with E-state index in [0.717, 1.165) is 17.2 Å². The fourth-order valence-electron chi connectivity index (χ4n) is 1.78. The second-order valence-corrected chi connectivity index (χ2v) is 4.98. The van der Waals surface area contributed by atoms with Crippen molar-refractivity contribution >= 4 is 34.4 Å². The maximum Gasteiger partial charge on any atom is 0.132 e. The van der Waals surface area contributed by atoms with Gasteiger partial charge < -0.3 is 5.11 Å². The lowest BCUT2D eigenvalue weighted by Crippen LogP contribution is -1.97. The molecule has 98 valence electrons. The Bertz CT molecular complexity index is 725. The minimum atomic E-state index is -0.625. The third kappa shape index (κ3) is 2.09. The van der Waals surface area contributed by atoms with Gasteiger partial charge in [-0.2, -0.15) is 8.75 Å². The van der Waals surface area contributed by atoms with Crippen molar-refractivity contribution in [3.8, 4) is 5.69 Å². The Morgan fingerprint density at radius 1 is 1.42 bits per heavy atom. The molecule has 3 rings (SSSR count). The lowest BCUT2D eigenvalue weighted by molar-refractivity contribution is 0.169. The molecule has 1 atom stereocenters. The van der Waals surface area contributed by atoms with Crippen molar-refractivity contribution in [1.82, 2.24) is 23.7 Å². The zero-order valence-corrected chi connectivity index (χ0v) is 11.6. The summed E-state index contributed by atoms with van der Waals surface area (Å²) < 4.78 is 9.92. The summed E-state index contributed by atoms with van der Waals surface area (Å²) >= 11 is 7.32. The van der Waals surface area contributed by atoms with Gasteiger partial charge in [0.1, 0.15) is 22.4 Å². The molecule has 0 aliphatic heterocycles. The summed E-state index contributed by atoms with van der Waals surface area (Å²) in [7, 11) is 0. The Labute approximate surface area is 118 Å². The molecule has 6 nitrogen and oxygen atoms in total. The van der Waals surface area contributed by atoms with Crippen molar-refractivity contribution in [2.24, 2.45) is 0 Å². The van der Waals surface area contributed by atoms with Crippen LogP contribution in [0.1, 0.15) is 25.1 Å². The molecular weight excluding hydrogens is 286 g/mol. The molecule has 0 radical (unpaired) electrons. The molecule has 1 unspecified atom stereocenters. The molecule has 0 aliphatic carbocycles. The van der Waals surface area contributed by atoms with Gasteiger partial charge >= 0.3 is 0 Å². The summed E-state index contributed by atoms with van der Waals surface area (Å²) in [5, 5.41) is 18.2. The van der Waals surface area contributed by atoms with Crippen LogP contribution in [0, 0.1) is 0 Å². The first-order valence-electron chi connectivity index (χ1n) is 5.72. The van der Waals surface area contributed by atoms with E-state index >= 15 is 0 Å². The van der Waals surface area contributed by atoms with Gasteiger partial charge in [-0.25, -0.2) is 4.68 Å². The van der Waals surface area contributed by atoms with Crippen LogP contribution in [0.5, 0.6) is 0 Å². The number of halogens is 1. The SMILES string of the molecule is CCC(O)c1cn(-c2c(Cl)ccc3nsnc23)nn1. The molecule has 0 fully saturated rings. The summed E-state index contributed by atoms with van der Waals surface area (Å²) in [6.45, 7) is 1.88. The molecule has 0 saturated carbocycles. The van der Waals surface area contributed by atoms with Gasteiger partial charge in [-0.3, -0.25) is 0 Å². The minimum absolute atomic E-state index is 0.513. The van der Waals surface area contributed by atoms with Crippen molar-refractivity contribution in [3.63, 3.8) is 0 Å². The molecule has 1 N–H and O–H groups in total. The molecule has 19 heavy (non-hydrogen) atoms. The topological polar surface area (TPSA) is 76.7 Å². The number of aliphatic hydroxyl groups excluding tert-OH is 1. The van der Waals surface area contributed by atoms with Gasteiger partial charge in [0, 0.05) is 0 Å². The zero-order chi connectivity index (χ0) is 13.4. The second-order valence-electron chi connectivity index (χ2n) is 4.04. The molecule has 0 aliphatic rings. The predicted octanol–water partition coefficient (Wildman–Crippen LogP) is 2.37. The maximum atomic E-state index is 9.76. The van der Waals surface area contributed by atoms with Crippen LogP contribution >= 0.6 is 23.3 Å². The van der Waals surface area contributed by atoms with Gasteiger partial charge in [-0.05, 0) is 18.6 Å². The molecule has 0 saturated heterocycles. The Morgan fingerprint density at radius 2 is 2.26 bits per heavy atom. The highest BCUT2D eigenvalue weighted by Crippen LogP contribution is 2.28. The number of nitrogens with zero attached hydrogens (tertiary/aromatic N) is 5. The predicted molar refractivity (Wildman–Crippen MR) is 72.6 cm³/mol. The van der Waals surface area contributed by atoms with Crippen LogP contribution in [0.25, 0.3) is 16.7 Å². The highest BCUT2D eigenvalue weighted by atomic mass is 35.5. The first kappa shape index (κ1) is 12.5. The van der Waals surface area contributed by atoms with E-state index in [-0.39, 0.29) is 0 Å². The molecule has 2 heterocycles. The lowest BCUT2D eigenvalue weighted by atomic mass is 10.2. The Morgan fingerprint density at radius 3 is 3.05 bits per heavy atom. The fraction of sp³-hybridized carbons (Fsp3) is 0.273. The summed E-state index contributed by atoms with van der Waals surface area (Å²) in [4.78, 5) is 0. The van der Waals surface area contributed by atoms with Gasteiger partial charge in [0.25, 0.3) is 0 Å². The molecule has 0 spiro atoms. The first-order valence-corrected chi connectivity index (χ1v) is 6.83. The quantitative estimate of drug-likeness (QED) is 0.802. The molecule has 8 heteroatoms. The van der Waals surface area contributed by atoms with Gasteiger partial charge in [-0.15, -0.1) is 5.10 Å². The summed E-state index contributed by atoms with van der Waals surface area (Å²) in [5.74, 6) is 0. The van der Waals surface area contributed by atoms with Crippen LogP contribution in [-0.2, 0) is 0 Å². The number of hydrogen-bond acceptors (Lipinski definition) is 6. The van der Waals surface area contributed by atoms with E-state index in [9.17, 15) is 5.11 Å². The van der Waals surface area contributed by atoms with Gasteiger partial charge in [0.15, 0.2) is 0 Å². The fourth-order valence-corrected chi connectivity index (χ4v) is 2.56. The molecule has 1 aromatic carbocycles. The third-order valence-corrected chi connectivity index (χ3v) is 3.67. The Balaban J connectivity index is 2.16. The first-order chi connectivity index (χ1) is 9.20. The highest BCUT2D eigenvalue weighted by molar-refractivity contribution is 7.00. The van der Waals surface area contributed by atoms with E-state index < -0.39 is 6.10 Å². The number of aliphatic hydroxyl groups is 1. The summed E-state index contributed by atoms with van der Waals surface area (Å²) in [5.41, 5.74) is 2.59. The number of fused-ring (bicyclic) bond motifs is 1. The van der Waals surface area contributed by atoms with Crippen molar-refractivity contribution in [2.45, 2.75) is 19.4 Å². The molecule has 0 bridgehead atoms. The van der Waals surface area contributed by atoms with E-state index in [4.69, 9.17) is 11.6 Å². The summed E-state index contributed by atoms with van der Waals surface area (Å²) in [6.07, 6.45) is 1.61. The van der Waals surface area contributed by atoms with E-state index in [2.05, 4.69) is 19.1 Å². The Hall–Kier alpha value is -1.57. The van der Waals surface area contributed by atoms with Gasteiger partial charge in [0.2, 0.25) is 0 Å². The van der Waals surface area contributed by atoms with E-state index in [0.29, 0.717) is 28.3 Å². The average Bonchev–Trinajstić information content (AvgIpc) is 3.06. The molecule has 2 aromatic heterocycles. The molecular formula is C11H10ClN5OS. The summed E-state index contributed by atoms with van der Waals surface area (Å²) in [6, 6.07) is 3.56. The molecule has 0 amide bonds. The van der Waals surface area contributed by atoms with Crippen molar-refractivity contribution < 1.29 is 5.11 Å². The van der Waals surface area contributed by atoms with Crippen LogP contribution in [0.3, 0.4) is 0 Å². The number of rotatable bonds is 3. The monoisotopic (exact) mass is 295 g/mol. The minimum Gasteiger partial charge on any atom is -0.387 e. The normalized spacial score (nSPS) is 13.0. The lowest BCUT2D eigenvalue weighted by Gasteiger charge is -2.04. The zero-order valence-electron chi connectivity index (χ0n) is 9.99. The average molecular weight is 296 g/mol. The molecule has 3 aromatic rings. The van der Waals surface area contributed by atoms with Crippen LogP contribution < -0.4 is 0 Å².